The Labute approximate surface area is 81.0 Å². The molecule has 1 aromatic heterocycles. The molecule has 0 fully saturated rings. The molecule has 0 radical (unpaired) electrons. The number of aromatic carboxylic acids is 1. The van der Waals surface area contributed by atoms with Crippen molar-refractivity contribution < 1.29 is 19.7 Å². The number of hydrogen-bond acceptors (Lipinski definition) is 4. The van der Waals surface area contributed by atoms with E-state index in [1.807, 2.05) is 0 Å². The van der Waals surface area contributed by atoms with Gasteiger partial charge < -0.3 is 14.9 Å². The van der Waals surface area contributed by atoms with Crippen LogP contribution in [0.4, 0.5) is 0 Å². The fourth-order valence-electron chi connectivity index (χ4n) is 0.936. The molecule has 14 heavy (non-hydrogen) atoms. The zero-order valence-corrected chi connectivity index (χ0v) is 7.51. The lowest BCUT2D eigenvalue weighted by Gasteiger charge is -2.02. The van der Waals surface area contributed by atoms with Crippen molar-refractivity contribution in [3.05, 3.63) is 29.6 Å². The second-order valence-corrected chi connectivity index (χ2v) is 2.63. The number of aliphatic hydroxyl groups excluding tert-OH is 1. The Bertz CT molecular complexity index is 313. The molecule has 1 aromatic rings. The third-order valence-corrected chi connectivity index (χ3v) is 1.55. The first kappa shape index (κ1) is 10.6. The molecule has 0 aliphatic heterocycles. The Balaban J connectivity index is 2.59. The Morgan fingerprint density at radius 3 is 3.00 bits per heavy atom. The summed E-state index contributed by atoms with van der Waals surface area (Å²) >= 11 is 0. The molecule has 0 unspecified atom stereocenters. The summed E-state index contributed by atoms with van der Waals surface area (Å²) in [5.41, 5.74) is 0.723. The summed E-state index contributed by atoms with van der Waals surface area (Å²) < 4.78 is 5.03. The maximum atomic E-state index is 10.5. The first-order valence-corrected chi connectivity index (χ1v) is 4.11. The fraction of sp³-hybridized carbons (Fsp3) is 0.333. The van der Waals surface area contributed by atoms with Gasteiger partial charge in [0, 0.05) is 6.20 Å². The number of pyridine rings is 1. The molecule has 0 aliphatic rings. The van der Waals surface area contributed by atoms with Crippen LogP contribution in [-0.4, -0.2) is 34.4 Å². The lowest BCUT2D eigenvalue weighted by Crippen LogP contribution is -2.03. The molecule has 76 valence electrons. The Morgan fingerprint density at radius 2 is 2.36 bits per heavy atom. The molecule has 1 heterocycles. The van der Waals surface area contributed by atoms with Crippen LogP contribution >= 0.6 is 0 Å². The number of aromatic nitrogens is 1. The van der Waals surface area contributed by atoms with Gasteiger partial charge in [-0.3, -0.25) is 0 Å². The molecular formula is C9H11NO4. The maximum absolute atomic E-state index is 10.5. The third-order valence-electron chi connectivity index (χ3n) is 1.55. The number of carbonyl (C=O) groups is 1. The molecule has 0 aliphatic carbocycles. The summed E-state index contributed by atoms with van der Waals surface area (Å²) in [6.07, 6.45) is 1.42. The van der Waals surface area contributed by atoms with Crippen LogP contribution in [0.3, 0.4) is 0 Å². The summed E-state index contributed by atoms with van der Waals surface area (Å²) in [6.45, 7) is 0.477. The van der Waals surface area contributed by atoms with Crippen LogP contribution in [0.1, 0.15) is 16.1 Å². The molecule has 0 amide bonds. The van der Waals surface area contributed by atoms with Crippen molar-refractivity contribution in [1.29, 1.82) is 0 Å². The first-order valence-electron chi connectivity index (χ1n) is 4.11. The van der Waals surface area contributed by atoms with E-state index in [4.69, 9.17) is 14.9 Å². The number of hydrogen-bond donors (Lipinski definition) is 2. The number of carboxylic acid groups (broad SMARTS) is 1. The van der Waals surface area contributed by atoms with Crippen LogP contribution in [0, 0.1) is 0 Å². The van der Waals surface area contributed by atoms with E-state index in [1.165, 1.54) is 12.3 Å². The highest BCUT2D eigenvalue weighted by atomic mass is 16.5. The van der Waals surface area contributed by atoms with Gasteiger partial charge in [-0.05, 0) is 17.7 Å². The zero-order chi connectivity index (χ0) is 10.4. The van der Waals surface area contributed by atoms with E-state index in [-0.39, 0.29) is 25.5 Å². The Kier molecular flexibility index (Phi) is 4.03. The van der Waals surface area contributed by atoms with Gasteiger partial charge >= 0.3 is 5.97 Å². The van der Waals surface area contributed by atoms with Gasteiger partial charge in [0.2, 0.25) is 0 Å². The van der Waals surface area contributed by atoms with Crippen LogP contribution < -0.4 is 0 Å². The van der Waals surface area contributed by atoms with Crippen molar-refractivity contribution in [1.82, 2.24) is 4.98 Å². The van der Waals surface area contributed by atoms with Crippen LogP contribution in [0.2, 0.25) is 0 Å². The number of rotatable bonds is 5. The minimum Gasteiger partial charge on any atom is -0.477 e. The van der Waals surface area contributed by atoms with Crippen molar-refractivity contribution in [2.75, 3.05) is 13.2 Å². The normalized spacial score (nSPS) is 10.1. The average Bonchev–Trinajstić information content (AvgIpc) is 2.19. The molecule has 2 N–H and O–H groups in total. The van der Waals surface area contributed by atoms with Gasteiger partial charge in [0.05, 0.1) is 19.8 Å². The SMILES string of the molecule is O=C(O)c1cc(COCCO)ccn1. The number of carboxylic acids is 1. The van der Waals surface area contributed by atoms with Crippen molar-refractivity contribution >= 4 is 5.97 Å². The van der Waals surface area contributed by atoms with Crippen molar-refractivity contribution in [3.63, 3.8) is 0 Å². The summed E-state index contributed by atoms with van der Waals surface area (Å²) in [5, 5.41) is 17.1. The quantitative estimate of drug-likeness (QED) is 0.663. The van der Waals surface area contributed by atoms with Gasteiger partial charge in [-0.1, -0.05) is 0 Å². The highest BCUT2D eigenvalue weighted by Gasteiger charge is 2.04. The van der Waals surface area contributed by atoms with E-state index in [0.717, 1.165) is 5.56 Å². The van der Waals surface area contributed by atoms with Crippen molar-refractivity contribution in [2.24, 2.45) is 0 Å². The second-order valence-electron chi connectivity index (χ2n) is 2.63. The minimum atomic E-state index is -1.06. The monoisotopic (exact) mass is 197 g/mol. The molecule has 5 heteroatoms. The Hall–Kier alpha value is -1.46. The van der Waals surface area contributed by atoms with Gasteiger partial charge in [-0.2, -0.15) is 0 Å². The van der Waals surface area contributed by atoms with E-state index in [2.05, 4.69) is 4.98 Å². The average molecular weight is 197 g/mol. The predicted molar refractivity (Wildman–Crippen MR) is 47.9 cm³/mol. The highest BCUT2D eigenvalue weighted by Crippen LogP contribution is 2.03. The van der Waals surface area contributed by atoms with Crippen LogP contribution in [-0.2, 0) is 11.3 Å². The van der Waals surface area contributed by atoms with Crippen LogP contribution in [0.15, 0.2) is 18.3 Å². The molecule has 0 spiro atoms. The van der Waals surface area contributed by atoms with E-state index in [0.29, 0.717) is 0 Å². The third kappa shape index (κ3) is 3.12. The molecular weight excluding hydrogens is 186 g/mol. The number of nitrogens with zero attached hydrogens (tertiary/aromatic N) is 1. The summed E-state index contributed by atoms with van der Waals surface area (Å²) in [5.74, 6) is -1.06. The zero-order valence-electron chi connectivity index (χ0n) is 7.51. The molecule has 1 rings (SSSR count). The second kappa shape index (κ2) is 5.31. The van der Waals surface area contributed by atoms with Crippen LogP contribution in [0.5, 0.6) is 0 Å². The van der Waals surface area contributed by atoms with Gasteiger partial charge in [0.1, 0.15) is 5.69 Å². The van der Waals surface area contributed by atoms with Gasteiger partial charge in [-0.15, -0.1) is 0 Å². The molecule has 0 saturated carbocycles. The number of ether oxygens (including phenoxy) is 1. The number of aliphatic hydroxyl groups is 1. The van der Waals surface area contributed by atoms with E-state index >= 15 is 0 Å². The largest absolute Gasteiger partial charge is 0.477 e. The first-order chi connectivity index (χ1) is 6.74. The summed E-state index contributed by atoms with van der Waals surface area (Å²) in [6, 6.07) is 3.11. The molecule has 0 atom stereocenters. The predicted octanol–water partition coefficient (Wildman–Crippen LogP) is 0.289. The summed E-state index contributed by atoms with van der Waals surface area (Å²) in [7, 11) is 0. The molecule has 0 bridgehead atoms. The van der Waals surface area contributed by atoms with E-state index < -0.39 is 5.97 Å². The fourth-order valence-corrected chi connectivity index (χ4v) is 0.936. The van der Waals surface area contributed by atoms with Gasteiger partial charge in [-0.25, -0.2) is 9.78 Å². The van der Waals surface area contributed by atoms with Crippen molar-refractivity contribution in [3.8, 4) is 0 Å². The van der Waals surface area contributed by atoms with Crippen molar-refractivity contribution in [2.45, 2.75) is 6.61 Å². The Morgan fingerprint density at radius 1 is 1.57 bits per heavy atom. The van der Waals surface area contributed by atoms with E-state index in [1.54, 1.807) is 6.07 Å². The van der Waals surface area contributed by atoms with E-state index in [9.17, 15) is 4.79 Å². The highest BCUT2D eigenvalue weighted by molar-refractivity contribution is 5.85. The minimum absolute atomic E-state index is 0.00454. The van der Waals surface area contributed by atoms with Gasteiger partial charge in [0.15, 0.2) is 0 Å². The van der Waals surface area contributed by atoms with Gasteiger partial charge in [0.25, 0.3) is 0 Å². The maximum Gasteiger partial charge on any atom is 0.354 e. The lowest BCUT2D eigenvalue weighted by atomic mass is 10.2. The molecule has 0 saturated heterocycles. The topological polar surface area (TPSA) is 79.7 Å². The van der Waals surface area contributed by atoms with Crippen LogP contribution in [0.25, 0.3) is 0 Å². The smallest absolute Gasteiger partial charge is 0.354 e. The molecule has 5 nitrogen and oxygen atoms in total. The summed E-state index contributed by atoms with van der Waals surface area (Å²) in [4.78, 5) is 14.2. The standard InChI is InChI=1S/C9H11NO4/c11-3-4-14-6-7-1-2-10-8(5-7)9(12)13/h1-2,5,11H,3-4,6H2,(H,12,13). The lowest BCUT2D eigenvalue weighted by molar-refractivity contribution is 0.0687. The molecule has 0 aromatic carbocycles.